The van der Waals surface area contributed by atoms with Crippen molar-refractivity contribution >= 4 is 5.91 Å². The summed E-state index contributed by atoms with van der Waals surface area (Å²) in [7, 11) is 0. The number of hydrogen-bond acceptors (Lipinski definition) is 2. The Balaban J connectivity index is 1.98. The van der Waals surface area contributed by atoms with Crippen molar-refractivity contribution in [1.29, 1.82) is 0 Å². The maximum Gasteiger partial charge on any atom is 0.255 e. The number of nitrogens with zero attached hydrogens (tertiary/aromatic N) is 2. The first-order valence-electron chi connectivity index (χ1n) is 7.47. The van der Waals surface area contributed by atoms with Crippen molar-refractivity contribution in [1.82, 2.24) is 9.47 Å². The highest BCUT2D eigenvalue weighted by molar-refractivity contribution is 5.96. The van der Waals surface area contributed by atoms with Gasteiger partial charge in [-0.3, -0.25) is 4.79 Å². The van der Waals surface area contributed by atoms with Crippen molar-refractivity contribution in [2.45, 2.75) is 26.3 Å². The minimum absolute atomic E-state index is 0.00343. The molecule has 0 aliphatic carbocycles. The smallest absolute Gasteiger partial charge is 0.255 e. The molecule has 1 aliphatic heterocycles. The Bertz CT molecular complexity index is 723. The van der Waals surface area contributed by atoms with Crippen LogP contribution >= 0.6 is 0 Å². The number of hydrogen-bond donors (Lipinski definition) is 1. The van der Waals surface area contributed by atoms with Crippen molar-refractivity contribution in [2.75, 3.05) is 13.1 Å². The maximum absolute atomic E-state index is 13.5. The van der Waals surface area contributed by atoms with Gasteiger partial charge in [0.1, 0.15) is 5.82 Å². The van der Waals surface area contributed by atoms with E-state index in [1.807, 2.05) is 30.5 Å². The lowest BCUT2D eigenvalue weighted by atomic mass is 10.2. The Morgan fingerprint density at radius 1 is 1.32 bits per heavy atom. The normalized spacial score (nSPS) is 18.0. The van der Waals surface area contributed by atoms with Gasteiger partial charge in [0.15, 0.2) is 0 Å². The van der Waals surface area contributed by atoms with E-state index in [1.54, 1.807) is 11.0 Å². The quantitative estimate of drug-likeness (QED) is 0.926. The highest BCUT2D eigenvalue weighted by Crippen LogP contribution is 2.23. The van der Waals surface area contributed by atoms with Crippen molar-refractivity contribution in [3.05, 3.63) is 53.1 Å². The van der Waals surface area contributed by atoms with Crippen LogP contribution in [-0.4, -0.2) is 34.5 Å². The summed E-state index contributed by atoms with van der Waals surface area (Å²) in [5.74, 6) is -0.285. The summed E-state index contributed by atoms with van der Waals surface area (Å²) in [6.07, 6.45) is 0.842. The highest BCUT2D eigenvalue weighted by atomic mass is 19.1. The number of nitrogens with two attached hydrogens (primary N) is 1. The van der Waals surface area contributed by atoms with Crippen LogP contribution in [0, 0.1) is 19.7 Å². The summed E-state index contributed by atoms with van der Waals surface area (Å²) in [5.41, 5.74) is 9.01. The third kappa shape index (κ3) is 2.52. The molecule has 3 rings (SSSR count). The van der Waals surface area contributed by atoms with Gasteiger partial charge >= 0.3 is 0 Å². The van der Waals surface area contributed by atoms with E-state index in [-0.39, 0.29) is 17.8 Å². The Morgan fingerprint density at radius 2 is 2.09 bits per heavy atom. The molecule has 1 saturated heterocycles. The second-order valence-electron chi connectivity index (χ2n) is 5.90. The maximum atomic E-state index is 13.5. The van der Waals surface area contributed by atoms with E-state index >= 15 is 0 Å². The molecule has 0 radical (unpaired) electrons. The molecule has 1 atom stereocenters. The van der Waals surface area contributed by atoms with Crippen LogP contribution in [0.4, 0.5) is 4.39 Å². The van der Waals surface area contributed by atoms with E-state index < -0.39 is 0 Å². The zero-order valence-electron chi connectivity index (χ0n) is 12.8. The number of likely N-dealkylation sites (tertiary alicyclic amines) is 1. The van der Waals surface area contributed by atoms with Crippen LogP contribution in [0.5, 0.6) is 0 Å². The monoisotopic (exact) mass is 301 g/mol. The number of aromatic nitrogens is 1. The zero-order chi connectivity index (χ0) is 15.9. The molecule has 2 heterocycles. The van der Waals surface area contributed by atoms with E-state index in [0.717, 1.165) is 23.5 Å². The summed E-state index contributed by atoms with van der Waals surface area (Å²) < 4.78 is 15.4. The highest BCUT2D eigenvalue weighted by Gasteiger charge is 2.27. The van der Waals surface area contributed by atoms with E-state index in [0.29, 0.717) is 18.7 Å². The summed E-state index contributed by atoms with van der Waals surface area (Å²) in [5, 5.41) is 0. The fourth-order valence-electron chi connectivity index (χ4n) is 3.13. The first-order chi connectivity index (χ1) is 10.5. The second kappa shape index (κ2) is 5.57. The van der Waals surface area contributed by atoms with Gasteiger partial charge in [-0.05, 0) is 44.5 Å². The van der Waals surface area contributed by atoms with Crippen LogP contribution in [0.2, 0.25) is 0 Å². The van der Waals surface area contributed by atoms with E-state index in [4.69, 9.17) is 5.73 Å². The predicted octanol–water partition coefficient (Wildman–Crippen LogP) is 2.41. The Morgan fingerprint density at radius 3 is 2.73 bits per heavy atom. The number of halogens is 1. The summed E-state index contributed by atoms with van der Waals surface area (Å²) in [6.45, 7) is 5.11. The summed E-state index contributed by atoms with van der Waals surface area (Å²) >= 11 is 0. The van der Waals surface area contributed by atoms with Crippen LogP contribution in [-0.2, 0) is 0 Å². The molecule has 0 saturated carbocycles. The number of aryl methyl sites for hydroxylation is 1. The molecule has 1 aromatic carbocycles. The fraction of sp³-hybridized carbons (Fsp3) is 0.353. The minimum Gasteiger partial charge on any atom is -0.337 e. The average Bonchev–Trinajstić information content (AvgIpc) is 3.02. The molecule has 1 unspecified atom stereocenters. The van der Waals surface area contributed by atoms with Crippen LogP contribution in [0.25, 0.3) is 5.69 Å². The van der Waals surface area contributed by atoms with Gasteiger partial charge in [-0.2, -0.15) is 0 Å². The molecule has 0 spiro atoms. The fourth-order valence-corrected chi connectivity index (χ4v) is 3.13. The van der Waals surface area contributed by atoms with Gasteiger partial charge in [-0.1, -0.05) is 6.07 Å². The molecular weight excluding hydrogens is 281 g/mol. The van der Waals surface area contributed by atoms with Crippen LogP contribution < -0.4 is 5.73 Å². The SMILES string of the molecule is Cc1cc(C(=O)N2CCC(N)C2)c(C)n1-c1cccc(F)c1. The van der Waals surface area contributed by atoms with Crippen LogP contribution in [0.3, 0.4) is 0 Å². The van der Waals surface area contributed by atoms with E-state index in [9.17, 15) is 9.18 Å². The summed E-state index contributed by atoms with van der Waals surface area (Å²) in [4.78, 5) is 14.5. The number of amides is 1. The number of rotatable bonds is 2. The van der Waals surface area contributed by atoms with Gasteiger partial charge in [0.05, 0.1) is 5.56 Å². The molecule has 0 bridgehead atoms. The number of carbonyl (C=O) groups is 1. The van der Waals surface area contributed by atoms with E-state index in [1.165, 1.54) is 12.1 Å². The van der Waals surface area contributed by atoms with Crippen molar-refractivity contribution < 1.29 is 9.18 Å². The topological polar surface area (TPSA) is 51.3 Å². The minimum atomic E-state index is -0.289. The van der Waals surface area contributed by atoms with Gasteiger partial charge in [0.25, 0.3) is 5.91 Å². The van der Waals surface area contributed by atoms with Gasteiger partial charge in [-0.15, -0.1) is 0 Å². The summed E-state index contributed by atoms with van der Waals surface area (Å²) in [6, 6.07) is 8.32. The molecule has 4 nitrogen and oxygen atoms in total. The zero-order valence-corrected chi connectivity index (χ0v) is 12.8. The molecule has 1 aromatic heterocycles. The van der Waals surface area contributed by atoms with Gasteiger partial charge in [-0.25, -0.2) is 4.39 Å². The largest absolute Gasteiger partial charge is 0.337 e. The van der Waals surface area contributed by atoms with Gasteiger partial charge in [0, 0.05) is 36.2 Å². The predicted molar refractivity (Wildman–Crippen MR) is 83.7 cm³/mol. The first kappa shape index (κ1) is 14.8. The van der Waals surface area contributed by atoms with Crippen molar-refractivity contribution in [3.63, 3.8) is 0 Å². The number of benzene rings is 1. The molecule has 2 aromatic rings. The molecule has 2 N–H and O–H groups in total. The molecule has 22 heavy (non-hydrogen) atoms. The van der Waals surface area contributed by atoms with Gasteiger partial charge < -0.3 is 15.2 Å². The first-order valence-corrected chi connectivity index (χ1v) is 7.47. The molecule has 5 heteroatoms. The second-order valence-corrected chi connectivity index (χ2v) is 5.90. The lowest BCUT2D eigenvalue weighted by Crippen LogP contribution is -2.32. The van der Waals surface area contributed by atoms with Crippen LogP contribution in [0.1, 0.15) is 28.2 Å². The van der Waals surface area contributed by atoms with Crippen molar-refractivity contribution in [3.8, 4) is 5.69 Å². The molecule has 116 valence electrons. The Labute approximate surface area is 129 Å². The lowest BCUT2D eigenvalue weighted by molar-refractivity contribution is 0.0790. The molecule has 1 amide bonds. The lowest BCUT2D eigenvalue weighted by Gasteiger charge is -2.16. The third-order valence-electron chi connectivity index (χ3n) is 4.24. The third-order valence-corrected chi connectivity index (χ3v) is 4.24. The average molecular weight is 301 g/mol. The molecule has 1 fully saturated rings. The Hall–Kier alpha value is -2.14. The standard InChI is InChI=1S/C17H20FN3O/c1-11-8-16(17(22)20-7-6-14(19)10-20)12(2)21(11)15-5-3-4-13(18)9-15/h3-5,8-9,14H,6-7,10,19H2,1-2H3. The number of carbonyl (C=O) groups excluding carboxylic acids is 1. The Kier molecular flexibility index (Phi) is 3.74. The molecular formula is C17H20FN3O. The van der Waals surface area contributed by atoms with Gasteiger partial charge in [0.2, 0.25) is 0 Å². The van der Waals surface area contributed by atoms with Crippen molar-refractivity contribution in [2.24, 2.45) is 5.73 Å². The molecule has 1 aliphatic rings. The van der Waals surface area contributed by atoms with E-state index in [2.05, 4.69) is 0 Å². The van der Waals surface area contributed by atoms with Crippen LogP contribution in [0.15, 0.2) is 30.3 Å².